The summed E-state index contributed by atoms with van der Waals surface area (Å²) in [6.45, 7) is 7.45. The molecule has 4 aromatic rings. The lowest BCUT2D eigenvalue weighted by atomic mass is 10.1. The van der Waals surface area contributed by atoms with Crippen LogP contribution in [0.15, 0.2) is 40.5 Å². The van der Waals surface area contributed by atoms with E-state index in [4.69, 9.17) is 5.10 Å². The van der Waals surface area contributed by atoms with E-state index < -0.39 is 0 Å². The maximum atomic E-state index is 13.6. The molecule has 7 nitrogen and oxygen atoms in total. The Morgan fingerprint density at radius 1 is 1.12 bits per heavy atom. The molecule has 0 unspecified atom stereocenters. The van der Waals surface area contributed by atoms with Gasteiger partial charge in [-0.05, 0) is 57.4 Å². The van der Waals surface area contributed by atoms with E-state index in [1.54, 1.807) is 4.40 Å². The van der Waals surface area contributed by atoms with Crippen molar-refractivity contribution >= 4 is 22.2 Å². The Morgan fingerprint density at radius 2 is 1.91 bits per heavy atom. The Labute approximate surface area is 190 Å². The van der Waals surface area contributed by atoms with Crippen LogP contribution in [0.4, 0.5) is 0 Å². The van der Waals surface area contributed by atoms with Crippen LogP contribution < -0.4 is 5.56 Å². The minimum absolute atomic E-state index is 0.0656. The van der Waals surface area contributed by atoms with Crippen molar-refractivity contribution in [1.29, 1.82) is 0 Å². The molecule has 1 amide bonds. The number of benzene rings is 1. The molecule has 164 valence electrons. The van der Waals surface area contributed by atoms with E-state index in [-0.39, 0.29) is 17.9 Å². The van der Waals surface area contributed by atoms with Crippen LogP contribution in [0, 0.1) is 20.8 Å². The molecule has 0 N–H and O–H groups in total. The van der Waals surface area contributed by atoms with Gasteiger partial charge in [0.25, 0.3) is 5.56 Å². The number of aryl methyl sites for hydroxylation is 3. The van der Waals surface area contributed by atoms with E-state index in [0.717, 1.165) is 42.9 Å². The van der Waals surface area contributed by atoms with Gasteiger partial charge in [-0.15, -0.1) is 11.3 Å². The second kappa shape index (κ2) is 8.02. The average molecular weight is 448 g/mol. The van der Waals surface area contributed by atoms with Gasteiger partial charge in [0.05, 0.1) is 23.4 Å². The minimum atomic E-state index is -0.174. The van der Waals surface area contributed by atoms with Crippen LogP contribution in [-0.4, -0.2) is 43.1 Å². The third-order valence-corrected chi connectivity index (χ3v) is 6.88. The molecule has 0 atom stereocenters. The highest BCUT2D eigenvalue weighted by Gasteiger charge is 2.23. The number of nitrogens with zero attached hydrogens (tertiary/aromatic N) is 5. The molecule has 1 saturated heterocycles. The van der Waals surface area contributed by atoms with Gasteiger partial charge < -0.3 is 4.90 Å². The highest BCUT2D eigenvalue weighted by Crippen LogP contribution is 2.24. The van der Waals surface area contributed by atoms with Gasteiger partial charge in [-0.1, -0.05) is 12.1 Å². The molecular formula is C24H25N5O2S. The molecule has 0 bridgehead atoms. The highest BCUT2D eigenvalue weighted by molar-refractivity contribution is 7.15. The molecule has 1 aromatic carbocycles. The number of rotatable bonds is 4. The number of hydrogen-bond acceptors (Lipinski definition) is 5. The molecule has 0 aliphatic carbocycles. The summed E-state index contributed by atoms with van der Waals surface area (Å²) in [6.07, 6.45) is 2.30. The van der Waals surface area contributed by atoms with E-state index >= 15 is 0 Å². The zero-order valence-electron chi connectivity index (χ0n) is 18.5. The minimum Gasteiger partial charge on any atom is -0.342 e. The first-order valence-corrected chi connectivity index (χ1v) is 11.7. The summed E-state index contributed by atoms with van der Waals surface area (Å²) in [6, 6.07) is 10.0. The van der Waals surface area contributed by atoms with Crippen molar-refractivity contribution in [3.63, 3.8) is 0 Å². The van der Waals surface area contributed by atoms with Crippen molar-refractivity contribution in [2.24, 2.45) is 0 Å². The Morgan fingerprint density at radius 3 is 2.66 bits per heavy atom. The molecule has 5 rings (SSSR count). The number of amides is 1. The van der Waals surface area contributed by atoms with E-state index in [1.807, 2.05) is 60.0 Å². The molecule has 8 heteroatoms. The summed E-state index contributed by atoms with van der Waals surface area (Å²) in [4.78, 5) is 33.5. The number of aromatic nitrogens is 4. The van der Waals surface area contributed by atoms with E-state index in [0.29, 0.717) is 27.6 Å². The van der Waals surface area contributed by atoms with Gasteiger partial charge in [-0.3, -0.25) is 14.0 Å². The summed E-state index contributed by atoms with van der Waals surface area (Å²) in [7, 11) is 0. The number of carbonyl (C=O) groups is 1. The summed E-state index contributed by atoms with van der Waals surface area (Å²) in [5, 5.41) is 6.62. The molecule has 3 aromatic heterocycles. The zero-order chi connectivity index (χ0) is 22.4. The van der Waals surface area contributed by atoms with Gasteiger partial charge in [0, 0.05) is 29.9 Å². The van der Waals surface area contributed by atoms with Gasteiger partial charge in [-0.2, -0.15) is 5.10 Å². The van der Waals surface area contributed by atoms with E-state index in [1.165, 1.54) is 11.3 Å². The maximum absolute atomic E-state index is 13.6. The van der Waals surface area contributed by atoms with Crippen molar-refractivity contribution in [3.8, 4) is 16.9 Å². The van der Waals surface area contributed by atoms with Crippen LogP contribution in [-0.2, 0) is 11.2 Å². The average Bonchev–Trinajstić information content (AvgIpc) is 3.49. The fourth-order valence-electron chi connectivity index (χ4n) is 4.38. The smallest absolute Gasteiger partial charge is 0.268 e. The molecule has 1 aliphatic heterocycles. The molecule has 0 saturated carbocycles. The Bertz CT molecular complexity index is 1390. The largest absolute Gasteiger partial charge is 0.342 e. The second-order valence-corrected chi connectivity index (χ2v) is 9.25. The van der Waals surface area contributed by atoms with Crippen molar-refractivity contribution in [2.75, 3.05) is 13.1 Å². The molecule has 0 radical (unpaired) electrons. The predicted molar refractivity (Wildman–Crippen MR) is 126 cm³/mol. The first-order chi connectivity index (χ1) is 15.4. The van der Waals surface area contributed by atoms with E-state index in [2.05, 4.69) is 11.1 Å². The van der Waals surface area contributed by atoms with Gasteiger partial charge in [0.15, 0.2) is 4.96 Å². The lowest BCUT2D eigenvalue weighted by Crippen LogP contribution is -2.30. The fourth-order valence-corrected chi connectivity index (χ4v) is 5.30. The zero-order valence-corrected chi connectivity index (χ0v) is 19.3. The maximum Gasteiger partial charge on any atom is 0.268 e. The molecule has 4 heterocycles. The molecule has 1 fully saturated rings. The van der Waals surface area contributed by atoms with Gasteiger partial charge >= 0.3 is 0 Å². The summed E-state index contributed by atoms with van der Waals surface area (Å²) >= 11 is 1.39. The van der Waals surface area contributed by atoms with Gasteiger partial charge in [-0.25, -0.2) is 9.67 Å². The van der Waals surface area contributed by atoms with Gasteiger partial charge in [0.2, 0.25) is 5.91 Å². The third-order valence-electron chi connectivity index (χ3n) is 6.00. The van der Waals surface area contributed by atoms with Gasteiger partial charge in [0.1, 0.15) is 5.69 Å². The third kappa shape index (κ3) is 3.54. The molecule has 32 heavy (non-hydrogen) atoms. The number of thiazole rings is 1. The predicted octanol–water partition coefficient (Wildman–Crippen LogP) is 3.70. The van der Waals surface area contributed by atoms with Crippen molar-refractivity contribution in [1.82, 2.24) is 24.1 Å². The first-order valence-electron chi connectivity index (χ1n) is 10.8. The molecule has 0 spiro atoms. The van der Waals surface area contributed by atoms with Crippen molar-refractivity contribution < 1.29 is 4.79 Å². The summed E-state index contributed by atoms with van der Waals surface area (Å²) in [5.74, 6) is 0.0656. The van der Waals surface area contributed by atoms with Crippen LogP contribution >= 0.6 is 11.3 Å². The topological polar surface area (TPSA) is 72.5 Å². The van der Waals surface area contributed by atoms with Crippen LogP contribution in [0.1, 0.15) is 35.5 Å². The molecular weight excluding hydrogens is 422 g/mol. The Kier molecular flexibility index (Phi) is 5.17. The van der Waals surface area contributed by atoms with Crippen LogP contribution in [0.25, 0.3) is 21.9 Å². The normalized spacial score (nSPS) is 13.9. The fraction of sp³-hybridized carbons (Fsp3) is 0.333. The number of likely N-dealkylation sites (tertiary alicyclic amines) is 1. The van der Waals surface area contributed by atoms with Crippen LogP contribution in [0.2, 0.25) is 0 Å². The number of fused-ring (bicyclic) bond motifs is 1. The highest BCUT2D eigenvalue weighted by atomic mass is 32.1. The SMILES string of the molecule is Cc1cccc(-n2nc(-c3c(C)nc4scc(CC(=O)N5CCCC5)n4c3=O)cc2C)c1. The van der Waals surface area contributed by atoms with Crippen molar-refractivity contribution in [2.45, 2.75) is 40.0 Å². The lowest BCUT2D eigenvalue weighted by molar-refractivity contribution is -0.129. The quantitative estimate of drug-likeness (QED) is 0.478. The summed E-state index contributed by atoms with van der Waals surface area (Å²) in [5.41, 5.74) is 5.26. The Balaban J connectivity index is 1.58. The first kappa shape index (κ1) is 20.6. The number of hydrogen-bond donors (Lipinski definition) is 0. The van der Waals surface area contributed by atoms with Crippen LogP contribution in [0.5, 0.6) is 0 Å². The lowest BCUT2D eigenvalue weighted by Gasteiger charge is -2.14. The summed E-state index contributed by atoms with van der Waals surface area (Å²) < 4.78 is 3.43. The monoisotopic (exact) mass is 447 g/mol. The van der Waals surface area contributed by atoms with Crippen molar-refractivity contribution in [3.05, 3.63) is 68.7 Å². The van der Waals surface area contributed by atoms with Crippen LogP contribution in [0.3, 0.4) is 0 Å². The second-order valence-electron chi connectivity index (χ2n) is 8.41. The molecule has 1 aliphatic rings. The standard InChI is InChI=1S/C24H25N5O2S/c1-15-7-6-8-18(11-15)29-16(2)12-20(26-29)22-17(3)25-24-28(23(22)31)19(14-32-24)13-21(30)27-9-4-5-10-27/h6-8,11-12,14H,4-5,9-10,13H2,1-3H3. The Hall–Kier alpha value is -3.26. The number of carbonyl (C=O) groups excluding carboxylic acids is 1. The van der Waals surface area contributed by atoms with E-state index in [9.17, 15) is 9.59 Å².